The fourth-order valence-electron chi connectivity index (χ4n) is 1.21. The number of rotatable bonds is 6. The van der Waals surface area contributed by atoms with E-state index in [1.807, 2.05) is 0 Å². The summed E-state index contributed by atoms with van der Waals surface area (Å²) in [6.45, 7) is 14.2. The number of alkyl halides is 1. The van der Waals surface area contributed by atoms with Crippen molar-refractivity contribution in [2.45, 2.75) is 62.1 Å². The van der Waals surface area contributed by atoms with Crippen molar-refractivity contribution < 1.29 is 9.22 Å². The summed E-state index contributed by atoms with van der Waals surface area (Å²) in [5, 5.41) is 0.235. The number of halogens is 1. The fraction of sp³-hybridized carbons (Fsp3) is 0.929. The van der Waals surface area contributed by atoms with Crippen LogP contribution in [0, 0.1) is 0 Å². The Morgan fingerprint density at radius 3 is 2.05 bits per heavy atom. The maximum absolute atomic E-state index is 11.6. The van der Waals surface area contributed by atoms with Gasteiger partial charge in [0.1, 0.15) is 0 Å². The summed E-state index contributed by atoms with van der Waals surface area (Å²) in [5.41, 5.74) is 0. The predicted molar refractivity (Wildman–Crippen MR) is 93.5 cm³/mol. The van der Waals surface area contributed by atoms with Gasteiger partial charge in [-0.1, -0.05) is 43.4 Å². The van der Waals surface area contributed by atoms with Gasteiger partial charge in [-0.25, -0.2) is 0 Å². The van der Waals surface area contributed by atoms with Gasteiger partial charge in [-0.05, 0) is 31.5 Å². The third-order valence-corrected chi connectivity index (χ3v) is 9.23. The molecule has 0 saturated carbocycles. The lowest BCUT2D eigenvalue weighted by Gasteiger charge is -2.38. The molecular formula is C14H30INO2Si. The quantitative estimate of drug-likeness (QED) is 0.383. The molecule has 0 N–H and O–H groups in total. The zero-order valence-corrected chi connectivity index (χ0v) is 16.9. The lowest BCUT2D eigenvalue weighted by molar-refractivity contribution is -0.128. The van der Waals surface area contributed by atoms with Crippen molar-refractivity contribution in [3.63, 3.8) is 0 Å². The van der Waals surface area contributed by atoms with E-state index < -0.39 is 8.32 Å². The van der Waals surface area contributed by atoms with E-state index in [1.165, 1.54) is 0 Å². The average Bonchev–Trinajstić information content (AvgIpc) is 2.22. The Morgan fingerprint density at radius 2 is 1.68 bits per heavy atom. The van der Waals surface area contributed by atoms with Crippen LogP contribution in [-0.2, 0) is 9.22 Å². The van der Waals surface area contributed by atoms with Crippen molar-refractivity contribution in [3.05, 3.63) is 0 Å². The van der Waals surface area contributed by atoms with Crippen LogP contribution in [0.5, 0.6) is 0 Å². The van der Waals surface area contributed by atoms with Crippen molar-refractivity contribution in [2.75, 3.05) is 20.7 Å². The number of nitrogens with zero attached hydrogens (tertiary/aromatic N) is 1. The van der Waals surface area contributed by atoms with E-state index in [0.29, 0.717) is 6.42 Å². The molecule has 1 amide bonds. The molecule has 19 heavy (non-hydrogen) atoms. The number of carbonyl (C=O) groups is 1. The zero-order valence-electron chi connectivity index (χ0n) is 13.8. The Bertz CT molecular complexity index is 309. The van der Waals surface area contributed by atoms with Crippen molar-refractivity contribution in [3.8, 4) is 0 Å². The summed E-state index contributed by atoms with van der Waals surface area (Å²) in [4.78, 5) is 13.3. The van der Waals surface area contributed by atoms with Gasteiger partial charge in [-0.3, -0.25) is 4.79 Å². The van der Waals surface area contributed by atoms with Gasteiger partial charge in [0, 0.05) is 30.5 Å². The van der Waals surface area contributed by atoms with Gasteiger partial charge < -0.3 is 9.33 Å². The van der Waals surface area contributed by atoms with Gasteiger partial charge in [0.15, 0.2) is 8.32 Å². The first-order valence-electron chi connectivity index (χ1n) is 6.81. The standard InChI is InChI=1S/C14H30INO2Si/c1-13(2,3)19(7,8)18-11-14(4,15)10-9-12(17)16(5)6/h9-11H2,1-8H3. The highest BCUT2D eigenvalue weighted by Gasteiger charge is 2.38. The van der Waals surface area contributed by atoms with Crippen LogP contribution in [0.15, 0.2) is 0 Å². The highest BCUT2D eigenvalue weighted by molar-refractivity contribution is 14.1. The van der Waals surface area contributed by atoms with E-state index in [-0.39, 0.29) is 14.4 Å². The van der Waals surface area contributed by atoms with Gasteiger partial charge in [0.2, 0.25) is 5.91 Å². The molecule has 0 aliphatic heterocycles. The molecule has 5 heteroatoms. The van der Waals surface area contributed by atoms with Gasteiger partial charge in [0.25, 0.3) is 0 Å². The van der Waals surface area contributed by atoms with Crippen LogP contribution in [-0.4, -0.2) is 43.2 Å². The van der Waals surface area contributed by atoms with Crippen LogP contribution < -0.4 is 0 Å². The lowest BCUT2D eigenvalue weighted by atomic mass is 10.1. The van der Waals surface area contributed by atoms with E-state index in [0.717, 1.165) is 13.0 Å². The van der Waals surface area contributed by atoms with Crippen LogP contribution in [0.25, 0.3) is 0 Å². The number of carbonyl (C=O) groups excluding carboxylic acids is 1. The second kappa shape index (κ2) is 6.89. The largest absolute Gasteiger partial charge is 0.415 e. The van der Waals surface area contributed by atoms with Gasteiger partial charge in [-0.15, -0.1) is 0 Å². The van der Waals surface area contributed by atoms with Crippen LogP contribution in [0.2, 0.25) is 18.1 Å². The first-order chi connectivity index (χ1) is 8.28. The zero-order chi connectivity index (χ0) is 15.5. The Labute approximate surface area is 133 Å². The van der Waals surface area contributed by atoms with E-state index in [1.54, 1.807) is 19.0 Å². The molecule has 0 aromatic carbocycles. The molecule has 0 heterocycles. The molecule has 0 saturated heterocycles. The Kier molecular flexibility index (Phi) is 7.03. The summed E-state index contributed by atoms with van der Waals surface area (Å²) in [6.07, 6.45) is 1.45. The van der Waals surface area contributed by atoms with Crippen LogP contribution in [0.4, 0.5) is 0 Å². The minimum atomic E-state index is -1.69. The highest BCUT2D eigenvalue weighted by atomic mass is 127. The molecule has 0 spiro atoms. The summed E-state index contributed by atoms with van der Waals surface area (Å²) in [5.74, 6) is 0.190. The summed E-state index contributed by atoms with van der Waals surface area (Å²) in [6, 6.07) is 0. The third-order valence-electron chi connectivity index (χ3n) is 3.90. The minimum absolute atomic E-state index is 0.0267. The highest BCUT2D eigenvalue weighted by Crippen LogP contribution is 2.38. The Morgan fingerprint density at radius 1 is 1.21 bits per heavy atom. The van der Waals surface area contributed by atoms with Crippen molar-refractivity contribution in [2.24, 2.45) is 0 Å². The first-order valence-corrected chi connectivity index (χ1v) is 10.8. The maximum atomic E-state index is 11.6. The predicted octanol–water partition coefficient (Wildman–Crippen LogP) is 4.07. The van der Waals surface area contributed by atoms with Crippen molar-refractivity contribution >= 4 is 36.8 Å². The molecule has 0 aliphatic rings. The molecule has 0 radical (unpaired) electrons. The van der Waals surface area contributed by atoms with E-state index in [9.17, 15) is 4.79 Å². The Balaban J connectivity index is 4.35. The fourth-order valence-corrected chi connectivity index (χ4v) is 3.04. The second-order valence-electron chi connectivity index (χ2n) is 7.25. The van der Waals surface area contributed by atoms with E-state index >= 15 is 0 Å². The van der Waals surface area contributed by atoms with E-state index in [4.69, 9.17) is 4.43 Å². The normalized spacial score (nSPS) is 16.1. The third kappa shape index (κ3) is 7.08. The van der Waals surface area contributed by atoms with Crippen molar-refractivity contribution in [1.29, 1.82) is 0 Å². The van der Waals surface area contributed by atoms with Crippen LogP contribution in [0.1, 0.15) is 40.5 Å². The van der Waals surface area contributed by atoms with Crippen LogP contribution in [0.3, 0.4) is 0 Å². The Hall–Kier alpha value is 0.377. The lowest BCUT2D eigenvalue weighted by Crippen LogP contribution is -2.44. The molecule has 0 aromatic heterocycles. The maximum Gasteiger partial charge on any atom is 0.222 e. The topological polar surface area (TPSA) is 29.5 Å². The molecule has 114 valence electrons. The number of hydrogen-bond donors (Lipinski definition) is 0. The van der Waals surface area contributed by atoms with Gasteiger partial charge in [-0.2, -0.15) is 0 Å². The minimum Gasteiger partial charge on any atom is -0.415 e. The molecule has 1 atom stereocenters. The SMILES string of the molecule is CN(C)C(=O)CCC(C)(I)CO[Si](C)(C)C(C)(C)C. The number of hydrogen-bond acceptors (Lipinski definition) is 2. The second-order valence-corrected chi connectivity index (χ2v) is 14.7. The molecule has 0 aliphatic carbocycles. The smallest absolute Gasteiger partial charge is 0.222 e. The molecule has 0 rings (SSSR count). The summed E-state index contributed by atoms with van der Waals surface area (Å²) < 4.78 is 6.28. The molecule has 0 aromatic rings. The molecule has 3 nitrogen and oxygen atoms in total. The van der Waals surface area contributed by atoms with Crippen molar-refractivity contribution in [1.82, 2.24) is 4.90 Å². The first kappa shape index (κ1) is 19.4. The number of amides is 1. The summed E-state index contributed by atoms with van der Waals surface area (Å²) >= 11 is 2.43. The van der Waals surface area contributed by atoms with Crippen LogP contribution >= 0.6 is 22.6 Å². The monoisotopic (exact) mass is 399 g/mol. The summed E-state index contributed by atoms with van der Waals surface area (Å²) in [7, 11) is 1.92. The van der Waals surface area contributed by atoms with Gasteiger partial charge in [0.05, 0.1) is 0 Å². The van der Waals surface area contributed by atoms with E-state index in [2.05, 4.69) is 63.4 Å². The molecule has 0 bridgehead atoms. The average molecular weight is 399 g/mol. The molecular weight excluding hydrogens is 369 g/mol. The molecule has 1 unspecified atom stereocenters. The molecule has 0 fully saturated rings. The van der Waals surface area contributed by atoms with Gasteiger partial charge >= 0.3 is 0 Å².